The molecule has 1 aromatic heterocycles. The zero-order valence-corrected chi connectivity index (χ0v) is 14.5. The lowest BCUT2D eigenvalue weighted by Gasteiger charge is -2.09. The number of para-hydroxylation sites is 1. The molecule has 26 heavy (non-hydrogen) atoms. The van der Waals surface area contributed by atoms with Crippen LogP contribution in [0.4, 0.5) is 5.69 Å². The van der Waals surface area contributed by atoms with Crippen LogP contribution in [-0.4, -0.2) is 33.2 Å². The first-order valence-electron chi connectivity index (χ1n) is 8.14. The first-order chi connectivity index (χ1) is 12.6. The second-order valence-electron chi connectivity index (χ2n) is 5.57. The van der Waals surface area contributed by atoms with Gasteiger partial charge in [-0.25, -0.2) is 14.5 Å². The summed E-state index contributed by atoms with van der Waals surface area (Å²) < 4.78 is 6.52. The van der Waals surface area contributed by atoms with Crippen LogP contribution in [-0.2, 0) is 4.74 Å². The number of nitrogens with one attached hydrogen (secondary N) is 1. The summed E-state index contributed by atoms with van der Waals surface area (Å²) in [7, 11) is 0. The van der Waals surface area contributed by atoms with Crippen LogP contribution in [0.3, 0.4) is 0 Å². The third-order valence-electron chi connectivity index (χ3n) is 3.66. The molecule has 0 unspecified atom stereocenters. The average molecular weight is 350 g/mol. The van der Waals surface area contributed by atoms with Gasteiger partial charge in [-0.2, -0.15) is 0 Å². The van der Waals surface area contributed by atoms with E-state index < -0.39 is 11.9 Å². The van der Waals surface area contributed by atoms with E-state index in [2.05, 4.69) is 15.4 Å². The van der Waals surface area contributed by atoms with Crippen LogP contribution in [0.2, 0.25) is 0 Å². The highest BCUT2D eigenvalue weighted by atomic mass is 16.5. The van der Waals surface area contributed by atoms with Gasteiger partial charge >= 0.3 is 5.97 Å². The van der Waals surface area contributed by atoms with Crippen molar-refractivity contribution in [2.45, 2.75) is 13.8 Å². The molecule has 132 valence electrons. The number of hydrogen-bond acceptors (Lipinski definition) is 5. The molecule has 0 atom stereocenters. The van der Waals surface area contributed by atoms with Gasteiger partial charge in [-0.05, 0) is 38.1 Å². The van der Waals surface area contributed by atoms with Crippen LogP contribution in [0.25, 0.3) is 5.69 Å². The SMILES string of the molecule is CCOC(=O)c1ccccc1NC(=O)c1ncn(-c2ccc(C)cc2)n1. The summed E-state index contributed by atoms with van der Waals surface area (Å²) in [6.45, 7) is 3.97. The third kappa shape index (κ3) is 3.77. The van der Waals surface area contributed by atoms with Gasteiger partial charge in [0, 0.05) is 0 Å². The standard InChI is InChI=1S/C19H18N4O3/c1-3-26-19(25)15-6-4-5-7-16(15)21-18(24)17-20-12-23(22-17)14-10-8-13(2)9-11-14/h4-12H,3H2,1-2H3,(H,21,24). The fourth-order valence-corrected chi connectivity index (χ4v) is 2.35. The fraction of sp³-hybridized carbons (Fsp3) is 0.158. The Morgan fingerprint density at radius 3 is 2.58 bits per heavy atom. The fourth-order valence-electron chi connectivity index (χ4n) is 2.35. The van der Waals surface area contributed by atoms with Crippen molar-refractivity contribution >= 4 is 17.6 Å². The average Bonchev–Trinajstić information content (AvgIpc) is 3.13. The number of ether oxygens (including phenoxy) is 1. The number of aryl methyl sites for hydroxylation is 1. The number of nitrogens with zero attached hydrogens (tertiary/aromatic N) is 3. The maximum Gasteiger partial charge on any atom is 0.340 e. The van der Waals surface area contributed by atoms with E-state index in [9.17, 15) is 9.59 Å². The zero-order chi connectivity index (χ0) is 18.5. The maximum atomic E-state index is 12.4. The Labute approximate surface area is 150 Å². The predicted molar refractivity (Wildman–Crippen MR) is 96.4 cm³/mol. The number of benzene rings is 2. The zero-order valence-electron chi connectivity index (χ0n) is 14.5. The Morgan fingerprint density at radius 2 is 1.85 bits per heavy atom. The van der Waals surface area contributed by atoms with Crippen LogP contribution in [0.5, 0.6) is 0 Å². The summed E-state index contributed by atoms with van der Waals surface area (Å²) in [6, 6.07) is 14.3. The molecular formula is C19H18N4O3. The minimum atomic E-state index is -0.507. The number of esters is 1. The van der Waals surface area contributed by atoms with Crippen LogP contribution < -0.4 is 5.32 Å². The van der Waals surface area contributed by atoms with Crippen molar-refractivity contribution in [2.75, 3.05) is 11.9 Å². The molecule has 1 heterocycles. The van der Waals surface area contributed by atoms with Gasteiger partial charge in [-0.1, -0.05) is 29.8 Å². The molecule has 0 aliphatic carbocycles. The normalized spacial score (nSPS) is 10.4. The summed E-state index contributed by atoms with van der Waals surface area (Å²) in [4.78, 5) is 28.5. The molecule has 1 amide bonds. The quantitative estimate of drug-likeness (QED) is 0.715. The van der Waals surface area contributed by atoms with Gasteiger partial charge in [0.25, 0.3) is 5.91 Å². The third-order valence-corrected chi connectivity index (χ3v) is 3.66. The number of hydrogen-bond donors (Lipinski definition) is 1. The first-order valence-corrected chi connectivity index (χ1v) is 8.14. The Morgan fingerprint density at radius 1 is 1.12 bits per heavy atom. The van der Waals surface area contributed by atoms with E-state index in [1.807, 2.05) is 31.2 Å². The van der Waals surface area contributed by atoms with Crippen molar-refractivity contribution in [3.63, 3.8) is 0 Å². The van der Waals surface area contributed by atoms with E-state index in [0.29, 0.717) is 5.69 Å². The Balaban J connectivity index is 1.79. The highest BCUT2D eigenvalue weighted by Crippen LogP contribution is 2.17. The molecule has 3 rings (SSSR count). The van der Waals surface area contributed by atoms with E-state index in [4.69, 9.17) is 4.74 Å². The molecule has 0 saturated carbocycles. The molecule has 0 spiro atoms. The molecule has 0 fully saturated rings. The van der Waals surface area contributed by atoms with Crippen molar-refractivity contribution in [1.82, 2.24) is 14.8 Å². The second kappa shape index (κ2) is 7.60. The van der Waals surface area contributed by atoms with Crippen LogP contribution >= 0.6 is 0 Å². The number of carbonyl (C=O) groups excluding carboxylic acids is 2. The van der Waals surface area contributed by atoms with Gasteiger partial charge in [0.2, 0.25) is 5.82 Å². The molecule has 0 aliphatic heterocycles. The topological polar surface area (TPSA) is 86.1 Å². The molecular weight excluding hydrogens is 332 g/mol. The summed E-state index contributed by atoms with van der Waals surface area (Å²) in [6.07, 6.45) is 1.47. The van der Waals surface area contributed by atoms with Crippen molar-refractivity contribution in [3.8, 4) is 5.69 Å². The minimum Gasteiger partial charge on any atom is -0.462 e. The van der Waals surface area contributed by atoms with Gasteiger partial charge in [-0.15, -0.1) is 5.10 Å². The second-order valence-corrected chi connectivity index (χ2v) is 5.57. The van der Waals surface area contributed by atoms with Gasteiger partial charge in [0.1, 0.15) is 6.33 Å². The first kappa shape index (κ1) is 17.3. The summed E-state index contributed by atoms with van der Waals surface area (Å²) in [5.41, 5.74) is 2.56. The highest BCUT2D eigenvalue weighted by molar-refractivity contribution is 6.06. The van der Waals surface area contributed by atoms with Crippen molar-refractivity contribution in [3.05, 3.63) is 71.8 Å². The van der Waals surface area contributed by atoms with Crippen molar-refractivity contribution in [1.29, 1.82) is 0 Å². The van der Waals surface area contributed by atoms with Crippen LogP contribution in [0, 0.1) is 6.92 Å². The number of carbonyl (C=O) groups is 2. The molecule has 1 N–H and O–H groups in total. The van der Waals surface area contributed by atoms with Crippen molar-refractivity contribution < 1.29 is 14.3 Å². The van der Waals surface area contributed by atoms with Gasteiger partial charge < -0.3 is 10.1 Å². The van der Waals surface area contributed by atoms with Gasteiger partial charge in [0.15, 0.2) is 0 Å². The lowest BCUT2D eigenvalue weighted by atomic mass is 10.2. The largest absolute Gasteiger partial charge is 0.462 e. The summed E-state index contributed by atoms with van der Waals surface area (Å²) >= 11 is 0. The monoisotopic (exact) mass is 350 g/mol. The van der Waals surface area contributed by atoms with Crippen LogP contribution in [0.1, 0.15) is 33.5 Å². The van der Waals surface area contributed by atoms with Crippen molar-refractivity contribution in [2.24, 2.45) is 0 Å². The van der Waals surface area contributed by atoms with E-state index in [1.165, 1.54) is 11.0 Å². The summed E-state index contributed by atoms with van der Waals surface area (Å²) in [5, 5.41) is 6.86. The molecule has 0 aliphatic rings. The Bertz CT molecular complexity index is 932. The van der Waals surface area contributed by atoms with Gasteiger partial charge in [-0.3, -0.25) is 4.79 Å². The molecule has 0 saturated heterocycles. The number of rotatable bonds is 5. The molecule has 7 nitrogen and oxygen atoms in total. The lowest BCUT2D eigenvalue weighted by molar-refractivity contribution is 0.0527. The number of anilines is 1. The van der Waals surface area contributed by atoms with E-state index >= 15 is 0 Å². The molecule has 3 aromatic rings. The van der Waals surface area contributed by atoms with Crippen LogP contribution in [0.15, 0.2) is 54.9 Å². The highest BCUT2D eigenvalue weighted by Gasteiger charge is 2.17. The molecule has 7 heteroatoms. The Kier molecular flexibility index (Phi) is 5.07. The molecule has 0 radical (unpaired) electrons. The molecule has 0 bridgehead atoms. The molecule has 2 aromatic carbocycles. The minimum absolute atomic E-state index is 0.00392. The van der Waals surface area contributed by atoms with Gasteiger partial charge in [0.05, 0.1) is 23.5 Å². The van der Waals surface area contributed by atoms with E-state index in [-0.39, 0.29) is 18.0 Å². The van der Waals surface area contributed by atoms with E-state index in [1.54, 1.807) is 31.2 Å². The smallest absolute Gasteiger partial charge is 0.340 e. The number of amides is 1. The summed E-state index contributed by atoms with van der Waals surface area (Å²) in [5.74, 6) is -1.00. The lowest BCUT2D eigenvalue weighted by Crippen LogP contribution is -2.17. The number of aromatic nitrogens is 3. The predicted octanol–water partition coefficient (Wildman–Crippen LogP) is 3.00. The van der Waals surface area contributed by atoms with E-state index in [0.717, 1.165) is 11.3 Å². The maximum absolute atomic E-state index is 12.4. The Hall–Kier alpha value is -3.48.